The van der Waals surface area contributed by atoms with Crippen LogP contribution in [0, 0.1) is 6.92 Å². The van der Waals surface area contributed by atoms with Gasteiger partial charge >= 0.3 is 6.09 Å². The first-order valence-corrected chi connectivity index (χ1v) is 5.39. The fourth-order valence-corrected chi connectivity index (χ4v) is 1.37. The Morgan fingerprint density at radius 2 is 2.06 bits per heavy atom. The molecule has 1 aromatic heterocycles. The predicted octanol–water partition coefficient (Wildman–Crippen LogP) is 0.640. The number of hydrogen-bond acceptors (Lipinski definition) is 5. The van der Waals surface area contributed by atoms with Gasteiger partial charge in [0.05, 0.1) is 13.7 Å². The molecule has 0 saturated heterocycles. The molecule has 0 unspecified atom stereocenters. The van der Waals surface area contributed by atoms with E-state index >= 15 is 0 Å². The zero-order valence-corrected chi connectivity index (χ0v) is 11.0. The van der Waals surface area contributed by atoms with Crippen LogP contribution in [-0.4, -0.2) is 54.7 Å². The maximum atomic E-state index is 11.8. The zero-order chi connectivity index (χ0) is 13.7. The number of methoxy groups -OCH3 is 1. The minimum atomic E-state index is -0.547. The van der Waals surface area contributed by atoms with Crippen LogP contribution in [-0.2, 0) is 16.1 Å². The maximum absolute atomic E-state index is 11.8. The van der Waals surface area contributed by atoms with Crippen molar-refractivity contribution in [2.45, 2.75) is 13.5 Å². The number of likely N-dealkylation sites (N-methyl/N-ethyl adjacent to an activating group) is 2. The molecule has 0 aliphatic heterocycles. The first kappa shape index (κ1) is 14.0. The number of aromatic nitrogens is 1. The number of ether oxygens (including phenoxy) is 1. The average Bonchev–Trinajstić information content (AvgIpc) is 2.73. The van der Waals surface area contributed by atoms with Crippen molar-refractivity contribution in [2.75, 3.05) is 27.7 Å². The standard InChI is InChI=1S/C11H17N3O4/c1-8-5-9(12-18-8)6-13(2)10(15)7-14(3)11(16)17-4/h5H,6-7H2,1-4H3. The third-order valence-corrected chi connectivity index (χ3v) is 2.36. The van der Waals surface area contributed by atoms with E-state index in [1.165, 1.54) is 24.0 Å². The third-order valence-electron chi connectivity index (χ3n) is 2.36. The highest BCUT2D eigenvalue weighted by Crippen LogP contribution is 2.05. The van der Waals surface area contributed by atoms with Gasteiger partial charge in [-0.2, -0.15) is 0 Å². The molecule has 18 heavy (non-hydrogen) atoms. The summed E-state index contributed by atoms with van der Waals surface area (Å²) in [5, 5.41) is 3.79. The van der Waals surface area contributed by atoms with Crippen molar-refractivity contribution in [1.29, 1.82) is 0 Å². The molecule has 0 fully saturated rings. The topological polar surface area (TPSA) is 75.9 Å². The Morgan fingerprint density at radius 3 is 2.56 bits per heavy atom. The summed E-state index contributed by atoms with van der Waals surface area (Å²) >= 11 is 0. The van der Waals surface area contributed by atoms with Gasteiger partial charge < -0.3 is 19.1 Å². The Kier molecular flexibility index (Phi) is 4.70. The second-order valence-electron chi connectivity index (χ2n) is 4.00. The Hall–Kier alpha value is -2.05. The minimum Gasteiger partial charge on any atom is -0.453 e. The van der Waals surface area contributed by atoms with Gasteiger partial charge in [-0.25, -0.2) is 4.79 Å². The third kappa shape index (κ3) is 3.76. The molecule has 0 N–H and O–H groups in total. The highest BCUT2D eigenvalue weighted by molar-refractivity contribution is 5.81. The number of aryl methyl sites for hydroxylation is 1. The normalized spacial score (nSPS) is 10.0. The molecule has 0 bridgehead atoms. The summed E-state index contributed by atoms with van der Waals surface area (Å²) in [7, 11) is 4.40. The van der Waals surface area contributed by atoms with E-state index in [9.17, 15) is 9.59 Å². The van der Waals surface area contributed by atoms with Crippen LogP contribution in [0.15, 0.2) is 10.6 Å². The van der Waals surface area contributed by atoms with E-state index < -0.39 is 6.09 Å². The Morgan fingerprint density at radius 1 is 1.39 bits per heavy atom. The lowest BCUT2D eigenvalue weighted by Crippen LogP contribution is -2.39. The Bertz CT molecular complexity index is 430. The summed E-state index contributed by atoms with van der Waals surface area (Å²) in [4.78, 5) is 25.6. The molecule has 1 heterocycles. The number of carbonyl (C=O) groups excluding carboxylic acids is 2. The van der Waals surface area contributed by atoms with Gasteiger partial charge in [0, 0.05) is 20.2 Å². The number of carbonyl (C=O) groups is 2. The van der Waals surface area contributed by atoms with Crippen molar-refractivity contribution in [3.63, 3.8) is 0 Å². The second kappa shape index (κ2) is 6.04. The van der Waals surface area contributed by atoms with Gasteiger partial charge in [0.2, 0.25) is 5.91 Å². The lowest BCUT2D eigenvalue weighted by molar-refractivity contribution is -0.131. The Balaban J connectivity index is 2.49. The molecule has 0 aliphatic carbocycles. The van der Waals surface area contributed by atoms with Crippen LogP contribution < -0.4 is 0 Å². The smallest absolute Gasteiger partial charge is 0.409 e. The molecule has 0 aromatic carbocycles. The summed E-state index contributed by atoms with van der Waals surface area (Å²) in [6.07, 6.45) is -0.547. The van der Waals surface area contributed by atoms with Crippen LogP contribution in [0.4, 0.5) is 4.79 Å². The molecular weight excluding hydrogens is 238 g/mol. The quantitative estimate of drug-likeness (QED) is 0.789. The van der Waals surface area contributed by atoms with Crippen LogP contribution in [0.2, 0.25) is 0 Å². The first-order valence-electron chi connectivity index (χ1n) is 5.39. The van der Waals surface area contributed by atoms with E-state index in [0.717, 1.165) is 0 Å². The highest BCUT2D eigenvalue weighted by Gasteiger charge is 2.17. The minimum absolute atomic E-state index is 0.0417. The first-order chi connectivity index (χ1) is 8.43. The number of hydrogen-bond donors (Lipinski definition) is 0. The molecule has 0 aliphatic rings. The lowest BCUT2D eigenvalue weighted by atomic mass is 10.3. The SMILES string of the molecule is COC(=O)N(C)CC(=O)N(C)Cc1cc(C)on1. The van der Waals surface area contributed by atoms with Gasteiger partial charge in [0.15, 0.2) is 0 Å². The molecular formula is C11H17N3O4. The molecule has 100 valence electrons. The van der Waals surface area contributed by atoms with Crippen LogP contribution in [0.5, 0.6) is 0 Å². The van der Waals surface area contributed by atoms with Crippen molar-refractivity contribution in [2.24, 2.45) is 0 Å². The van der Waals surface area contributed by atoms with E-state index in [1.54, 1.807) is 20.0 Å². The van der Waals surface area contributed by atoms with Gasteiger partial charge in [-0.3, -0.25) is 4.79 Å². The van der Waals surface area contributed by atoms with Gasteiger partial charge in [0.25, 0.3) is 0 Å². The van der Waals surface area contributed by atoms with E-state index in [4.69, 9.17) is 4.52 Å². The molecule has 0 saturated carbocycles. The summed E-state index contributed by atoms with van der Waals surface area (Å²) < 4.78 is 9.41. The van der Waals surface area contributed by atoms with Crippen LogP contribution >= 0.6 is 0 Å². The van der Waals surface area contributed by atoms with Gasteiger partial charge in [-0.1, -0.05) is 5.16 Å². The van der Waals surface area contributed by atoms with Crippen LogP contribution in [0.25, 0.3) is 0 Å². The summed E-state index contributed by atoms with van der Waals surface area (Å²) in [5.41, 5.74) is 0.670. The number of amides is 2. The van der Waals surface area contributed by atoms with E-state index in [0.29, 0.717) is 18.0 Å². The van der Waals surface area contributed by atoms with E-state index in [2.05, 4.69) is 9.89 Å². The van der Waals surface area contributed by atoms with E-state index in [-0.39, 0.29) is 12.5 Å². The summed E-state index contributed by atoms with van der Waals surface area (Å²) in [5.74, 6) is 0.487. The fraction of sp³-hybridized carbons (Fsp3) is 0.545. The molecule has 0 spiro atoms. The van der Waals surface area contributed by atoms with Crippen LogP contribution in [0.1, 0.15) is 11.5 Å². The van der Waals surface area contributed by atoms with Crippen molar-refractivity contribution < 1.29 is 18.8 Å². The number of nitrogens with zero attached hydrogens (tertiary/aromatic N) is 3. The molecule has 1 aromatic rings. The van der Waals surface area contributed by atoms with Gasteiger partial charge in [-0.15, -0.1) is 0 Å². The van der Waals surface area contributed by atoms with Crippen molar-refractivity contribution in [3.8, 4) is 0 Å². The molecule has 7 heteroatoms. The summed E-state index contributed by atoms with van der Waals surface area (Å²) in [6, 6.07) is 1.76. The maximum Gasteiger partial charge on any atom is 0.409 e. The van der Waals surface area contributed by atoms with Gasteiger partial charge in [0.1, 0.15) is 18.0 Å². The highest BCUT2D eigenvalue weighted by atomic mass is 16.5. The molecule has 0 radical (unpaired) electrons. The van der Waals surface area contributed by atoms with E-state index in [1.807, 2.05) is 0 Å². The second-order valence-corrected chi connectivity index (χ2v) is 4.00. The number of rotatable bonds is 4. The molecule has 2 amide bonds. The van der Waals surface area contributed by atoms with Crippen molar-refractivity contribution >= 4 is 12.0 Å². The predicted molar refractivity (Wildman–Crippen MR) is 62.7 cm³/mol. The van der Waals surface area contributed by atoms with Gasteiger partial charge in [-0.05, 0) is 6.92 Å². The van der Waals surface area contributed by atoms with Crippen molar-refractivity contribution in [1.82, 2.24) is 15.0 Å². The zero-order valence-electron chi connectivity index (χ0n) is 11.0. The fourth-order valence-electron chi connectivity index (χ4n) is 1.37. The Labute approximate surface area is 105 Å². The van der Waals surface area contributed by atoms with Crippen LogP contribution in [0.3, 0.4) is 0 Å². The molecule has 7 nitrogen and oxygen atoms in total. The van der Waals surface area contributed by atoms with Crippen molar-refractivity contribution in [3.05, 3.63) is 17.5 Å². The molecule has 0 atom stereocenters. The summed E-state index contributed by atoms with van der Waals surface area (Å²) in [6.45, 7) is 2.08. The monoisotopic (exact) mass is 255 g/mol. The lowest BCUT2D eigenvalue weighted by Gasteiger charge is -2.20. The molecule has 1 rings (SSSR count). The average molecular weight is 255 g/mol. The largest absolute Gasteiger partial charge is 0.453 e.